The fourth-order valence-corrected chi connectivity index (χ4v) is 2.30. The third kappa shape index (κ3) is 2.26. The minimum atomic E-state index is -0.675. The van der Waals surface area contributed by atoms with Gasteiger partial charge in [0.15, 0.2) is 0 Å². The second-order valence-corrected chi connectivity index (χ2v) is 4.60. The van der Waals surface area contributed by atoms with Crippen molar-refractivity contribution in [2.24, 2.45) is 5.73 Å². The Morgan fingerprint density at radius 1 is 0.950 bits per heavy atom. The SMILES string of the molecule is NC(c1cc(F)cc(F)c1)c1nccc2ccccc12. The quantitative estimate of drug-likeness (QED) is 0.773. The van der Waals surface area contributed by atoms with Crippen molar-refractivity contribution in [3.63, 3.8) is 0 Å². The van der Waals surface area contributed by atoms with Crippen LogP contribution >= 0.6 is 0 Å². The standard InChI is InChI=1S/C16H12F2N2/c17-12-7-11(8-13(18)9-12)15(19)16-14-4-2-1-3-10(14)5-6-20-16/h1-9,15H,19H2. The van der Waals surface area contributed by atoms with Crippen LogP contribution in [0.4, 0.5) is 8.78 Å². The van der Waals surface area contributed by atoms with Gasteiger partial charge in [0.05, 0.1) is 11.7 Å². The number of hydrogen-bond donors (Lipinski definition) is 1. The summed E-state index contributed by atoms with van der Waals surface area (Å²) in [5.74, 6) is -1.29. The van der Waals surface area contributed by atoms with Crippen molar-refractivity contribution >= 4 is 10.8 Å². The first kappa shape index (κ1) is 12.7. The van der Waals surface area contributed by atoms with Crippen molar-refractivity contribution in [2.45, 2.75) is 6.04 Å². The van der Waals surface area contributed by atoms with Crippen LogP contribution in [0.1, 0.15) is 17.3 Å². The van der Waals surface area contributed by atoms with E-state index in [4.69, 9.17) is 5.73 Å². The number of halogens is 2. The Labute approximate surface area is 114 Å². The zero-order chi connectivity index (χ0) is 14.1. The van der Waals surface area contributed by atoms with Crippen molar-refractivity contribution in [1.82, 2.24) is 4.98 Å². The van der Waals surface area contributed by atoms with Gasteiger partial charge < -0.3 is 5.73 Å². The number of aromatic nitrogens is 1. The molecule has 0 aliphatic rings. The predicted molar refractivity (Wildman–Crippen MR) is 74.1 cm³/mol. The number of nitrogens with two attached hydrogens (primary N) is 1. The van der Waals surface area contributed by atoms with Gasteiger partial charge in [0.25, 0.3) is 0 Å². The highest BCUT2D eigenvalue weighted by atomic mass is 19.1. The number of pyridine rings is 1. The summed E-state index contributed by atoms with van der Waals surface area (Å²) in [6.07, 6.45) is 1.65. The van der Waals surface area contributed by atoms with Crippen LogP contribution in [0, 0.1) is 11.6 Å². The van der Waals surface area contributed by atoms with E-state index in [9.17, 15) is 8.78 Å². The van der Waals surface area contributed by atoms with E-state index in [2.05, 4.69) is 4.98 Å². The van der Waals surface area contributed by atoms with Gasteiger partial charge in [0.1, 0.15) is 11.6 Å². The van der Waals surface area contributed by atoms with E-state index in [0.29, 0.717) is 11.3 Å². The maximum absolute atomic E-state index is 13.3. The molecule has 1 atom stereocenters. The van der Waals surface area contributed by atoms with E-state index in [-0.39, 0.29) is 0 Å². The summed E-state index contributed by atoms with van der Waals surface area (Å²) in [5.41, 5.74) is 7.10. The molecule has 3 rings (SSSR count). The van der Waals surface area contributed by atoms with Crippen molar-refractivity contribution in [1.29, 1.82) is 0 Å². The number of rotatable bonds is 2. The third-order valence-corrected chi connectivity index (χ3v) is 3.24. The number of fused-ring (bicyclic) bond motifs is 1. The van der Waals surface area contributed by atoms with Gasteiger partial charge in [-0.05, 0) is 29.1 Å². The minimum Gasteiger partial charge on any atom is -0.319 e. The summed E-state index contributed by atoms with van der Waals surface area (Å²) in [4.78, 5) is 4.27. The lowest BCUT2D eigenvalue weighted by Crippen LogP contribution is -2.14. The Hall–Kier alpha value is -2.33. The van der Waals surface area contributed by atoms with E-state index < -0.39 is 17.7 Å². The molecule has 1 heterocycles. The Morgan fingerprint density at radius 2 is 1.65 bits per heavy atom. The Bertz CT molecular complexity index is 746. The topological polar surface area (TPSA) is 38.9 Å². The summed E-state index contributed by atoms with van der Waals surface area (Å²) >= 11 is 0. The molecule has 0 aliphatic heterocycles. The van der Waals surface area contributed by atoms with Gasteiger partial charge in [-0.1, -0.05) is 24.3 Å². The Morgan fingerprint density at radius 3 is 2.40 bits per heavy atom. The molecule has 3 aromatic rings. The molecular formula is C16H12F2N2. The maximum atomic E-state index is 13.3. The van der Waals surface area contributed by atoms with Crippen LogP contribution in [0.5, 0.6) is 0 Å². The van der Waals surface area contributed by atoms with Crippen molar-refractivity contribution < 1.29 is 8.78 Å². The Kier molecular flexibility index (Phi) is 3.16. The van der Waals surface area contributed by atoms with Crippen LogP contribution in [0.3, 0.4) is 0 Å². The molecule has 0 radical (unpaired) electrons. The van der Waals surface area contributed by atoms with Gasteiger partial charge in [-0.25, -0.2) is 8.78 Å². The molecule has 1 unspecified atom stereocenters. The van der Waals surface area contributed by atoms with Gasteiger partial charge in [-0.15, -0.1) is 0 Å². The summed E-state index contributed by atoms with van der Waals surface area (Å²) in [7, 11) is 0. The van der Waals surface area contributed by atoms with Gasteiger partial charge in [0, 0.05) is 17.6 Å². The van der Waals surface area contributed by atoms with E-state index in [0.717, 1.165) is 16.8 Å². The smallest absolute Gasteiger partial charge is 0.126 e. The lowest BCUT2D eigenvalue weighted by Gasteiger charge is -2.14. The summed E-state index contributed by atoms with van der Waals surface area (Å²) in [6.45, 7) is 0. The van der Waals surface area contributed by atoms with Crippen molar-refractivity contribution in [3.05, 3.63) is 77.6 Å². The highest BCUT2D eigenvalue weighted by Gasteiger charge is 2.15. The van der Waals surface area contributed by atoms with Crippen LogP contribution < -0.4 is 5.73 Å². The third-order valence-electron chi connectivity index (χ3n) is 3.24. The van der Waals surface area contributed by atoms with Gasteiger partial charge in [-0.3, -0.25) is 4.98 Å². The average molecular weight is 270 g/mol. The molecule has 1 aromatic heterocycles. The van der Waals surface area contributed by atoms with E-state index in [1.807, 2.05) is 30.3 Å². The van der Waals surface area contributed by atoms with Crippen molar-refractivity contribution in [2.75, 3.05) is 0 Å². The second kappa shape index (κ2) is 4.98. The first-order chi connectivity index (χ1) is 9.65. The maximum Gasteiger partial charge on any atom is 0.126 e. The van der Waals surface area contributed by atoms with E-state index >= 15 is 0 Å². The number of nitrogens with zero attached hydrogens (tertiary/aromatic N) is 1. The summed E-state index contributed by atoms with van der Waals surface area (Å²) in [5, 5.41) is 1.87. The van der Waals surface area contributed by atoms with Crippen LogP contribution in [0.25, 0.3) is 10.8 Å². The predicted octanol–water partition coefficient (Wildman–Crippen LogP) is 3.56. The van der Waals surface area contributed by atoms with E-state index in [1.165, 1.54) is 12.1 Å². The van der Waals surface area contributed by atoms with Crippen molar-refractivity contribution in [3.8, 4) is 0 Å². The lowest BCUT2D eigenvalue weighted by atomic mass is 9.99. The molecule has 4 heteroatoms. The fourth-order valence-electron chi connectivity index (χ4n) is 2.30. The minimum absolute atomic E-state index is 0.367. The first-order valence-electron chi connectivity index (χ1n) is 6.20. The Balaban J connectivity index is 2.15. The summed E-state index contributed by atoms with van der Waals surface area (Å²) in [6, 6.07) is 12.1. The van der Waals surface area contributed by atoms with Gasteiger partial charge in [-0.2, -0.15) is 0 Å². The van der Waals surface area contributed by atoms with Gasteiger partial charge in [0.2, 0.25) is 0 Å². The molecule has 0 saturated carbocycles. The second-order valence-electron chi connectivity index (χ2n) is 4.60. The molecule has 0 spiro atoms. The average Bonchev–Trinajstić information content (AvgIpc) is 2.45. The normalized spacial score (nSPS) is 12.6. The molecule has 0 bridgehead atoms. The highest BCUT2D eigenvalue weighted by Crippen LogP contribution is 2.26. The lowest BCUT2D eigenvalue weighted by molar-refractivity contribution is 0.577. The molecule has 0 aliphatic carbocycles. The molecule has 2 aromatic carbocycles. The molecule has 0 fully saturated rings. The van der Waals surface area contributed by atoms with Crippen LogP contribution in [-0.2, 0) is 0 Å². The fraction of sp³-hybridized carbons (Fsp3) is 0.0625. The first-order valence-corrected chi connectivity index (χ1v) is 6.20. The van der Waals surface area contributed by atoms with Gasteiger partial charge >= 0.3 is 0 Å². The largest absolute Gasteiger partial charge is 0.319 e. The molecule has 2 nitrogen and oxygen atoms in total. The molecule has 0 saturated heterocycles. The van der Waals surface area contributed by atoms with Crippen LogP contribution in [0.15, 0.2) is 54.7 Å². The molecule has 20 heavy (non-hydrogen) atoms. The van der Waals surface area contributed by atoms with E-state index in [1.54, 1.807) is 6.20 Å². The summed E-state index contributed by atoms with van der Waals surface area (Å²) < 4.78 is 26.6. The molecule has 2 N–H and O–H groups in total. The zero-order valence-electron chi connectivity index (χ0n) is 10.6. The monoisotopic (exact) mass is 270 g/mol. The zero-order valence-corrected chi connectivity index (χ0v) is 10.6. The van der Waals surface area contributed by atoms with Crippen LogP contribution in [-0.4, -0.2) is 4.98 Å². The highest BCUT2D eigenvalue weighted by molar-refractivity contribution is 5.85. The number of benzene rings is 2. The molecule has 100 valence electrons. The molecule has 0 amide bonds. The van der Waals surface area contributed by atoms with Crippen LogP contribution in [0.2, 0.25) is 0 Å². The number of hydrogen-bond acceptors (Lipinski definition) is 2. The molecular weight excluding hydrogens is 258 g/mol.